The third kappa shape index (κ3) is 5.76. The van der Waals surface area contributed by atoms with E-state index >= 15 is 0 Å². The van der Waals surface area contributed by atoms with Crippen LogP contribution in [0.5, 0.6) is 0 Å². The van der Waals surface area contributed by atoms with Crippen molar-refractivity contribution < 1.29 is 33.3 Å². The van der Waals surface area contributed by atoms with Crippen LogP contribution in [0.25, 0.3) is 6.08 Å². The molecule has 1 aromatic rings. The van der Waals surface area contributed by atoms with Crippen molar-refractivity contribution in [3.63, 3.8) is 0 Å². The van der Waals surface area contributed by atoms with Gasteiger partial charge >= 0.3 is 23.6 Å². The van der Waals surface area contributed by atoms with E-state index in [1.165, 1.54) is 19.2 Å². The van der Waals surface area contributed by atoms with Crippen LogP contribution in [0.2, 0.25) is 0 Å². The Morgan fingerprint density at radius 1 is 1.14 bits per heavy atom. The second-order valence-corrected chi connectivity index (χ2v) is 6.78. The van der Waals surface area contributed by atoms with E-state index in [0.29, 0.717) is 0 Å². The number of hydrogen-bond donors (Lipinski definition) is 1. The van der Waals surface area contributed by atoms with Crippen LogP contribution < -0.4 is 11.2 Å². The molecule has 0 bridgehead atoms. The highest BCUT2D eigenvalue weighted by Crippen LogP contribution is 2.33. The predicted molar refractivity (Wildman–Crippen MR) is 106 cm³/mol. The smallest absolute Gasteiger partial charge is 0.330 e. The molecule has 1 aromatic heterocycles. The monoisotopic (exact) mass is 522 g/mol. The minimum absolute atomic E-state index is 0.150. The fourth-order valence-electron chi connectivity index (χ4n) is 2.79. The maximum absolute atomic E-state index is 12.4. The molecule has 158 valence electrons. The standard InChI is InChI=1S/C17H19IN2O9/c1-8(21)26-7-12-13(27-9(2)22)14(28-10(3)23)16(29-12)20-6-11(4-5-18)15(24)19-17(20)25/h4-6,12-14,16H,7H2,1-3H3,(H,19,24,25)/b5-4+/t12-,13+,14-,16-/m1/s1. The molecule has 1 N–H and O–H groups in total. The van der Waals surface area contributed by atoms with E-state index in [2.05, 4.69) is 4.98 Å². The van der Waals surface area contributed by atoms with Gasteiger partial charge in [0.05, 0.1) is 5.56 Å². The minimum atomic E-state index is -1.24. The van der Waals surface area contributed by atoms with Gasteiger partial charge in [0.2, 0.25) is 0 Å². The quantitative estimate of drug-likeness (QED) is 0.316. The number of aromatic nitrogens is 2. The molecule has 0 unspecified atom stereocenters. The topological polar surface area (TPSA) is 143 Å². The van der Waals surface area contributed by atoms with Gasteiger partial charge in [0, 0.05) is 27.0 Å². The fourth-order valence-corrected chi connectivity index (χ4v) is 3.18. The van der Waals surface area contributed by atoms with Crippen LogP contribution in [0, 0.1) is 0 Å². The summed E-state index contributed by atoms with van der Waals surface area (Å²) in [6.45, 7) is 3.17. The van der Waals surface area contributed by atoms with Gasteiger partial charge in [-0.3, -0.25) is 28.7 Å². The molecular weight excluding hydrogens is 503 g/mol. The van der Waals surface area contributed by atoms with E-state index in [-0.39, 0.29) is 12.2 Å². The van der Waals surface area contributed by atoms with Gasteiger partial charge < -0.3 is 18.9 Å². The number of hydrogen-bond acceptors (Lipinski definition) is 9. The third-order valence-corrected chi connectivity index (χ3v) is 4.21. The number of aromatic amines is 1. The van der Waals surface area contributed by atoms with Crippen molar-refractivity contribution in [2.24, 2.45) is 0 Å². The van der Waals surface area contributed by atoms with Crippen molar-refractivity contribution in [2.45, 2.75) is 45.3 Å². The number of carbonyl (C=O) groups is 3. The van der Waals surface area contributed by atoms with Crippen LogP contribution in [0.3, 0.4) is 0 Å². The molecule has 1 aliphatic heterocycles. The molecule has 2 heterocycles. The maximum Gasteiger partial charge on any atom is 0.330 e. The summed E-state index contributed by atoms with van der Waals surface area (Å²) >= 11 is 1.91. The van der Waals surface area contributed by atoms with Gasteiger partial charge in [-0.25, -0.2) is 4.79 Å². The van der Waals surface area contributed by atoms with Gasteiger partial charge in [-0.15, -0.1) is 0 Å². The molecule has 29 heavy (non-hydrogen) atoms. The zero-order valence-electron chi connectivity index (χ0n) is 15.7. The summed E-state index contributed by atoms with van der Waals surface area (Å²) in [4.78, 5) is 60.8. The minimum Gasteiger partial charge on any atom is -0.463 e. The number of carbonyl (C=O) groups excluding carboxylic acids is 3. The number of halogens is 1. The number of nitrogens with one attached hydrogen (secondary N) is 1. The first kappa shape index (κ1) is 22.8. The van der Waals surface area contributed by atoms with Gasteiger partial charge in [-0.2, -0.15) is 0 Å². The van der Waals surface area contributed by atoms with Crippen LogP contribution in [-0.4, -0.2) is 52.4 Å². The van der Waals surface area contributed by atoms with Crippen LogP contribution >= 0.6 is 22.6 Å². The lowest BCUT2D eigenvalue weighted by Crippen LogP contribution is -2.42. The molecule has 0 amide bonds. The van der Waals surface area contributed by atoms with Gasteiger partial charge in [0.15, 0.2) is 18.4 Å². The molecule has 4 atom stereocenters. The fraction of sp³-hybridized carbons (Fsp3) is 0.471. The van der Waals surface area contributed by atoms with E-state index in [4.69, 9.17) is 18.9 Å². The summed E-state index contributed by atoms with van der Waals surface area (Å²) in [5, 5.41) is 0. The van der Waals surface area contributed by atoms with Gasteiger partial charge in [-0.05, 0) is 10.2 Å². The lowest BCUT2D eigenvalue weighted by Gasteiger charge is -2.24. The maximum atomic E-state index is 12.4. The first-order valence-corrected chi connectivity index (χ1v) is 9.64. The lowest BCUT2D eigenvalue weighted by atomic mass is 10.1. The lowest BCUT2D eigenvalue weighted by molar-refractivity contribution is -0.166. The molecule has 0 saturated carbocycles. The average Bonchev–Trinajstić information content (AvgIpc) is 2.92. The molecule has 1 aliphatic rings. The molecule has 2 rings (SSSR count). The van der Waals surface area contributed by atoms with Crippen molar-refractivity contribution in [2.75, 3.05) is 6.61 Å². The molecule has 0 spiro atoms. The predicted octanol–water partition coefficient (Wildman–Crippen LogP) is 0.266. The number of nitrogens with zero attached hydrogens (tertiary/aromatic N) is 1. The van der Waals surface area contributed by atoms with Gasteiger partial charge in [-0.1, -0.05) is 22.6 Å². The number of esters is 3. The second-order valence-electron chi connectivity index (χ2n) is 6.06. The van der Waals surface area contributed by atoms with Crippen molar-refractivity contribution in [3.05, 3.63) is 36.7 Å². The highest BCUT2D eigenvalue weighted by atomic mass is 127. The van der Waals surface area contributed by atoms with Gasteiger partial charge in [0.1, 0.15) is 12.7 Å². The summed E-state index contributed by atoms with van der Waals surface area (Å²) in [6, 6.07) is 0. The molecular formula is C17H19IN2O9. The number of rotatable bonds is 6. The van der Waals surface area contributed by atoms with Crippen molar-refractivity contribution >= 4 is 46.6 Å². The van der Waals surface area contributed by atoms with Crippen molar-refractivity contribution in [1.82, 2.24) is 9.55 Å². The summed E-state index contributed by atoms with van der Waals surface area (Å²) in [7, 11) is 0. The van der Waals surface area contributed by atoms with Crippen LogP contribution in [-0.2, 0) is 33.3 Å². The molecule has 1 fully saturated rings. The highest BCUT2D eigenvalue weighted by Gasteiger charge is 2.51. The number of H-pyrrole nitrogens is 1. The Kier molecular flexibility index (Phi) is 7.73. The Bertz CT molecular complexity index is 936. The SMILES string of the molecule is CC(=O)OC[C@H]1O[C@@H](n2cc(/C=C/I)c(=O)[nH]c2=O)[C@H](OC(C)=O)[C@H]1OC(C)=O. The van der Waals surface area contributed by atoms with E-state index in [1.54, 1.807) is 4.08 Å². The van der Waals surface area contributed by atoms with Gasteiger partial charge in [0.25, 0.3) is 5.56 Å². The van der Waals surface area contributed by atoms with E-state index in [1.807, 2.05) is 22.6 Å². The Morgan fingerprint density at radius 2 is 1.76 bits per heavy atom. The van der Waals surface area contributed by atoms with Crippen molar-refractivity contribution in [3.8, 4) is 0 Å². The summed E-state index contributed by atoms with van der Waals surface area (Å²) in [6.07, 6.45) is -1.93. The first-order chi connectivity index (χ1) is 13.6. The zero-order chi connectivity index (χ0) is 21.7. The molecule has 1 saturated heterocycles. The first-order valence-electron chi connectivity index (χ1n) is 8.39. The average molecular weight is 522 g/mol. The Balaban J connectivity index is 2.52. The molecule has 0 radical (unpaired) electrons. The largest absolute Gasteiger partial charge is 0.463 e. The Morgan fingerprint density at radius 3 is 2.31 bits per heavy atom. The summed E-state index contributed by atoms with van der Waals surface area (Å²) in [5.74, 6) is -2.00. The second kappa shape index (κ2) is 9.82. The normalized spacial score (nSPS) is 23.7. The molecule has 0 aromatic carbocycles. The van der Waals surface area contributed by atoms with Crippen LogP contribution in [0.4, 0.5) is 0 Å². The Labute approximate surface area is 178 Å². The van der Waals surface area contributed by atoms with Crippen molar-refractivity contribution in [1.29, 1.82) is 0 Å². The highest BCUT2D eigenvalue weighted by molar-refractivity contribution is 14.1. The zero-order valence-corrected chi connectivity index (χ0v) is 17.9. The van der Waals surface area contributed by atoms with E-state index in [9.17, 15) is 24.0 Å². The van der Waals surface area contributed by atoms with E-state index < -0.39 is 53.7 Å². The number of ether oxygens (including phenoxy) is 4. The van der Waals surface area contributed by atoms with E-state index in [0.717, 1.165) is 18.4 Å². The molecule has 12 heteroatoms. The summed E-state index contributed by atoms with van der Waals surface area (Å²) < 4.78 is 23.8. The van der Waals surface area contributed by atoms with Crippen LogP contribution in [0.1, 0.15) is 32.6 Å². The summed E-state index contributed by atoms with van der Waals surface area (Å²) in [5.41, 5.74) is -1.29. The van der Waals surface area contributed by atoms with Crippen LogP contribution in [0.15, 0.2) is 19.9 Å². The molecule has 11 nitrogen and oxygen atoms in total. The molecule has 0 aliphatic carbocycles. The third-order valence-electron chi connectivity index (χ3n) is 3.85. The Hall–Kier alpha value is -2.48.